The van der Waals surface area contributed by atoms with E-state index in [-0.39, 0.29) is 11.8 Å². The van der Waals surface area contributed by atoms with Crippen molar-refractivity contribution in [3.05, 3.63) is 59.9 Å². The predicted octanol–water partition coefficient (Wildman–Crippen LogP) is 3.20. The van der Waals surface area contributed by atoms with Gasteiger partial charge in [0.2, 0.25) is 5.91 Å². The number of ether oxygens (including phenoxy) is 1. The van der Waals surface area contributed by atoms with E-state index in [4.69, 9.17) is 4.74 Å². The molecular weight excluding hydrogens is 368 g/mol. The number of hydrogen-bond donors (Lipinski definition) is 2. The summed E-state index contributed by atoms with van der Waals surface area (Å²) < 4.78 is 4.79. The van der Waals surface area contributed by atoms with E-state index in [0.717, 1.165) is 49.3 Å². The summed E-state index contributed by atoms with van der Waals surface area (Å²) in [7, 11) is 1.33. The van der Waals surface area contributed by atoms with Gasteiger partial charge in [-0.1, -0.05) is 24.3 Å². The van der Waals surface area contributed by atoms with Gasteiger partial charge in [0.05, 0.1) is 35.9 Å². The van der Waals surface area contributed by atoms with E-state index >= 15 is 0 Å². The number of nitrogens with zero attached hydrogens (tertiary/aromatic N) is 2. The van der Waals surface area contributed by atoms with Crippen LogP contribution >= 0.6 is 0 Å². The quantitative estimate of drug-likeness (QED) is 0.651. The molecule has 150 valence electrons. The van der Waals surface area contributed by atoms with E-state index in [1.807, 2.05) is 24.3 Å². The third-order valence-electron chi connectivity index (χ3n) is 5.36. The van der Waals surface area contributed by atoms with Gasteiger partial charge in [-0.2, -0.15) is 0 Å². The van der Waals surface area contributed by atoms with E-state index in [2.05, 4.69) is 20.2 Å². The van der Waals surface area contributed by atoms with Crippen LogP contribution < -0.4 is 5.32 Å². The predicted molar refractivity (Wildman–Crippen MR) is 111 cm³/mol. The number of esters is 1. The first-order valence-corrected chi connectivity index (χ1v) is 9.78. The number of aromatic amines is 1. The molecule has 2 N–H and O–H groups in total. The molecule has 1 aromatic heterocycles. The zero-order valence-electron chi connectivity index (χ0n) is 16.4. The number of anilines is 1. The summed E-state index contributed by atoms with van der Waals surface area (Å²) in [5.41, 5.74) is 2.88. The topological polar surface area (TPSA) is 87.3 Å². The Kier molecular flexibility index (Phi) is 5.57. The number of H-pyrrole nitrogens is 1. The van der Waals surface area contributed by atoms with Gasteiger partial charge in [-0.3, -0.25) is 9.69 Å². The average molecular weight is 392 g/mol. The van der Waals surface area contributed by atoms with Gasteiger partial charge in [0.25, 0.3) is 0 Å². The summed E-state index contributed by atoms with van der Waals surface area (Å²) in [4.78, 5) is 34.9. The van der Waals surface area contributed by atoms with Crippen LogP contribution in [0.3, 0.4) is 0 Å². The highest BCUT2D eigenvalue weighted by Gasteiger charge is 2.26. The largest absolute Gasteiger partial charge is 0.465 e. The number of carbonyl (C=O) groups excluding carboxylic acids is 2. The monoisotopic (exact) mass is 392 g/mol. The van der Waals surface area contributed by atoms with Crippen molar-refractivity contribution in [1.82, 2.24) is 14.9 Å². The molecule has 1 fully saturated rings. The highest BCUT2D eigenvalue weighted by molar-refractivity contribution is 6.01. The first-order valence-electron chi connectivity index (χ1n) is 9.78. The molecule has 0 atom stereocenters. The maximum absolute atomic E-state index is 12.7. The third kappa shape index (κ3) is 4.30. The van der Waals surface area contributed by atoms with Crippen LogP contribution in [0.2, 0.25) is 0 Å². The van der Waals surface area contributed by atoms with Crippen molar-refractivity contribution in [3.63, 3.8) is 0 Å². The number of benzene rings is 2. The van der Waals surface area contributed by atoms with Crippen molar-refractivity contribution in [2.45, 2.75) is 19.4 Å². The second kappa shape index (κ2) is 8.45. The Bertz CT molecular complexity index is 989. The van der Waals surface area contributed by atoms with Crippen LogP contribution in [0.15, 0.2) is 48.5 Å². The standard InChI is InChI=1S/C22H24N4O3/c1-29-22(28)16-6-2-3-7-17(16)25-21(27)15-10-12-26(13-11-15)14-20-23-18-8-4-5-9-19(18)24-20/h2-9,15H,10-14H2,1H3,(H,23,24)(H,25,27). The lowest BCUT2D eigenvalue weighted by atomic mass is 9.95. The average Bonchev–Trinajstić information content (AvgIpc) is 3.16. The number of imidazole rings is 1. The molecule has 1 saturated heterocycles. The van der Waals surface area contributed by atoms with E-state index in [0.29, 0.717) is 11.3 Å². The molecule has 0 saturated carbocycles. The molecule has 4 rings (SSSR count). The number of nitrogens with one attached hydrogen (secondary N) is 2. The zero-order valence-corrected chi connectivity index (χ0v) is 16.4. The highest BCUT2D eigenvalue weighted by Crippen LogP contribution is 2.23. The molecule has 2 heterocycles. The van der Waals surface area contributed by atoms with Crippen LogP contribution in [-0.4, -0.2) is 46.9 Å². The fourth-order valence-corrected chi connectivity index (χ4v) is 3.76. The van der Waals surface area contributed by atoms with Crippen LogP contribution in [0.5, 0.6) is 0 Å². The molecule has 0 spiro atoms. The van der Waals surface area contributed by atoms with Crippen molar-refractivity contribution in [2.24, 2.45) is 5.92 Å². The van der Waals surface area contributed by atoms with Crippen LogP contribution in [0.1, 0.15) is 29.0 Å². The number of methoxy groups -OCH3 is 1. The molecule has 1 aliphatic heterocycles. The number of likely N-dealkylation sites (tertiary alicyclic amines) is 1. The number of carbonyl (C=O) groups is 2. The second-order valence-electron chi connectivity index (χ2n) is 7.28. The minimum atomic E-state index is -0.457. The molecule has 2 aromatic carbocycles. The van der Waals surface area contributed by atoms with E-state index in [1.165, 1.54) is 7.11 Å². The Labute approximate surface area is 169 Å². The van der Waals surface area contributed by atoms with Crippen molar-refractivity contribution in [2.75, 3.05) is 25.5 Å². The molecular formula is C22H24N4O3. The lowest BCUT2D eigenvalue weighted by Gasteiger charge is -2.30. The Morgan fingerprint density at radius 2 is 1.86 bits per heavy atom. The maximum Gasteiger partial charge on any atom is 0.339 e. The van der Waals surface area contributed by atoms with Gasteiger partial charge in [-0.05, 0) is 50.2 Å². The van der Waals surface area contributed by atoms with Crippen LogP contribution in [-0.2, 0) is 16.1 Å². The van der Waals surface area contributed by atoms with E-state index in [1.54, 1.807) is 24.3 Å². The maximum atomic E-state index is 12.7. The normalized spacial score (nSPS) is 15.3. The number of fused-ring (bicyclic) bond motifs is 1. The summed E-state index contributed by atoms with van der Waals surface area (Å²) in [5, 5.41) is 2.90. The minimum Gasteiger partial charge on any atom is -0.465 e. The van der Waals surface area contributed by atoms with E-state index < -0.39 is 5.97 Å². The summed E-state index contributed by atoms with van der Waals surface area (Å²) in [5.74, 6) is 0.361. The number of aromatic nitrogens is 2. The van der Waals surface area contributed by atoms with Gasteiger partial charge >= 0.3 is 5.97 Å². The smallest absolute Gasteiger partial charge is 0.339 e. The van der Waals surface area contributed by atoms with Crippen molar-refractivity contribution in [3.8, 4) is 0 Å². The van der Waals surface area contributed by atoms with Crippen LogP contribution in [0, 0.1) is 5.92 Å². The van der Waals surface area contributed by atoms with Gasteiger partial charge in [0, 0.05) is 5.92 Å². The molecule has 29 heavy (non-hydrogen) atoms. The molecule has 0 unspecified atom stereocenters. The summed E-state index contributed by atoms with van der Waals surface area (Å²) in [6, 6.07) is 14.9. The van der Waals surface area contributed by atoms with Crippen molar-refractivity contribution < 1.29 is 14.3 Å². The molecule has 7 heteroatoms. The third-order valence-corrected chi connectivity index (χ3v) is 5.36. The lowest BCUT2D eigenvalue weighted by Crippen LogP contribution is -2.38. The Balaban J connectivity index is 1.33. The highest BCUT2D eigenvalue weighted by atomic mass is 16.5. The van der Waals surface area contributed by atoms with Gasteiger partial charge in [0.15, 0.2) is 0 Å². The Morgan fingerprint density at radius 1 is 1.14 bits per heavy atom. The molecule has 0 aliphatic carbocycles. The van der Waals surface area contributed by atoms with Crippen molar-refractivity contribution in [1.29, 1.82) is 0 Å². The fourth-order valence-electron chi connectivity index (χ4n) is 3.76. The summed E-state index contributed by atoms with van der Waals surface area (Å²) in [6.45, 7) is 2.40. The molecule has 1 aliphatic rings. The first kappa shape index (κ1) is 19.1. The molecule has 7 nitrogen and oxygen atoms in total. The molecule has 0 bridgehead atoms. The minimum absolute atomic E-state index is 0.0512. The Morgan fingerprint density at radius 3 is 2.62 bits per heavy atom. The lowest BCUT2D eigenvalue weighted by molar-refractivity contribution is -0.121. The zero-order chi connectivity index (χ0) is 20.2. The number of amides is 1. The number of para-hydroxylation sites is 3. The van der Waals surface area contributed by atoms with Crippen LogP contribution in [0.4, 0.5) is 5.69 Å². The van der Waals surface area contributed by atoms with Gasteiger partial charge < -0.3 is 15.0 Å². The fraction of sp³-hybridized carbons (Fsp3) is 0.318. The first-order chi connectivity index (χ1) is 14.1. The van der Waals surface area contributed by atoms with Gasteiger partial charge in [-0.25, -0.2) is 9.78 Å². The Hall–Kier alpha value is -3.19. The van der Waals surface area contributed by atoms with Crippen molar-refractivity contribution >= 4 is 28.6 Å². The summed E-state index contributed by atoms with van der Waals surface area (Å²) >= 11 is 0. The summed E-state index contributed by atoms with van der Waals surface area (Å²) in [6.07, 6.45) is 1.54. The second-order valence-corrected chi connectivity index (χ2v) is 7.28. The number of rotatable bonds is 5. The molecule has 0 radical (unpaired) electrons. The van der Waals surface area contributed by atoms with Crippen LogP contribution in [0.25, 0.3) is 11.0 Å². The number of hydrogen-bond acceptors (Lipinski definition) is 5. The van der Waals surface area contributed by atoms with Gasteiger partial charge in [-0.15, -0.1) is 0 Å². The SMILES string of the molecule is COC(=O)c1ccccc1NC(=O)C1CCN(Cc2nc3ccccc3[nH]2)CC1. The molecule has 3 aromatic rings. The molecule has 1 amide bonds. The number of piperidine rings is 1. The van der Waals surface area contributed by atoms with Gasteiger partial charge in [0.1, 0.15) is 5.82 Å². The van der Waals surface area contributed by atoms with E-state index in [9.17, 15) is 9.59 Å².